The summed E-state index contributed by atoms with van der Waals surface area (Å²) in [7, 11) is 0. The van der Waals surface area contributed by atoms with Crippen molar-refractivity contribution in [1.29, 1.82) is 0 Å². The minimum absolute atomic E-state index is 0.0126. The molecule has 2 aromatic carbocycles. The van der Waals surface area contributed by atoms with Crippen LogP contribution in [0.15, 0.2) is 66.0 Å². The Balaban J connectivity index is 1.56. The van der Waals surface area contributed by atoms with E-state index in [9.17, 15) is 9.59 Å². The zero-order chi connectivity index (χ0) is 19.1. The Morgan fingerprint density at radius 2 is 1.85 bits per heavy atom. The van der Waals surface area contributed by atoms with E-state index in [-0.39, 0.29) is 18.3 Å². The zero-order valence-electron chi connectivity index (χ0n) is 14.7. The largest absolute Gasteiger partial charge is 0.484 e. The van der Waals surface area contributed by atoms with Crippen LogP contribution in [0, 0.1) is 11.8 Å². The van der Waals surface area contributed by atoms with E-state index in [0.29, 0.717) is 17.0 Å². The molecular weight excluding hydrogens is 358 g/mol. The summed E-state index contributed by atoms with van der Waals surface area (Å²) in [5.41, 5.74) is 2.09. The van der Waals surface area contributed by atoms with Crippen LogP contribution in [0.4, 0.5) is 5.69 Å². The number of nitrogens with one attached hydrogen (secondary N) is 1. The van der Waals surface area contributed by atoms with Gasteiger partial charge in [0, 0.05) is 16.8 Å². The molecule has 0 aliphatic rings. The third-order valence-electron chi connectivity index (χ3n) is 3.63. The van der Waals surface area contributed by atoms with E-state index in [1.165, 1.54) is 6.92 Å². The number of hydrogen-bond acceptors (Lipinski definition) is 4. The van der Waals surface area contributed by atoms with Crippen molar-refractivity contribution in [1.82, 2.24) is 0 Å². The first kappa shape index (κ1) is 18.4. The molecule has 0 radical (unpaired) electrons. The fourth-order valence-electron chi connectivity index (χ4n) is 2.29. The van der Waals surface area contributed by atoms with Gasteiger partial charge in [-0.2, -0.15) is 0 Å². The summed E-state index contributed by atoms with van der Waals surface area (Å²) in [6, 6.07) is 18.0. The van der Waals surface area contributed by atoms with Crippen LogP contribution in [0.3, 0.4) is 0 Å². The van der Waals surface area contributed by atoms with Gasteiger partial charge in [-0.05, 0) is 60.8 Å². The third kappa shape index (κ3) is 5.56. The molecule has 1 amide bonds. The number of amides is 1. The number of rotatable bonds is 5. The standard InChI is InChI=1S/C22H17NO3S/c1-16(24)18-8-10-20(11-9-18)26-15-22(25)23-19-5-2-4-17(14-19)7-12-21-6-3-13-27-21/h2-6,8-11,13-14H,15H2,1H3,(H,23,25). The van der Waals surface area contributed by atoms with Gasteiger partial charge >= 0.3 is 0 Å². The number of carbonyl (C=O) groups excluding carboxylic acids is 2. The summed E-state index contributed by atoms with van der Waals surface area (Å²) in [5.74, 6) is 6.42. The predicted octanol–water partition coefficient (Wildman–Crippen LogP) is 4.37. The van der Waals surface area contributed by atoms with Crippen molar-refractivity contribution < 1.29 is 14.3 Å². The second-order valence-corrected chi connectivity index (χ2v) is 6.67. The van der Waals surface area contributed by atoms with Gasteiger partial charge in [-0.15, -0.1) is 11.3 Å². The first-order valence-corrected chi connectivity index (χ1v) is 9.17. The van der Waals surface area contributed by atoms with Crippen LogP contribution in [0.5, 0.6) is 5.75 Å². The fraction of sp³-hybridized carbons (Fsp3) is 0.0909. The average Bonchev–Trinajstić information content (AvgIpc) is 3.19. The zero-order valence-corrected chi connectivity index (χ0v) is 15.5. The topological polar surface area (TPSA) is 55.4 Å². The van der Waals surface area contributed by atoms with E-state index in [0.717, 1.165) is 10.4 Å². The van der Waals surface area contributed by atoms with Crippen molar-refractivity contribution in [2.75, 3.05) is 11.9 Å². The predicted molar refractivity (Wildman–Crippen MR) is 107 cm³/mol. The molecule has 0 bridgehead atoms. The number of ketones is 1. The molecule has 27 heavy (non-hydrogen) atoms. The molecule has 3 aromatic rings. The van der Waals surface area contributed by atoms with E-state index in [1.807, 2.05) is 35.7 Å². The van der Waals surface area contributed by atoms with Crippen molar-refractivity contribution in [3.8, 4) is 17.6 Å². The minimum Gasteiger partial charge on any atom is -0.484 e. The monoisotopic (exact) mass is 375 g/mol. The fourth-order valence-corrected chi connectivity index (χ4v) is 2.86. The molecule has 0 saturated carbocycles. The number of ether oxygens (including phenoxy) is 1. The Kier molecular flexibility index (Phi) is 6.03. The molecule has 0 aliphatic heterocycles. The summed E-state index contributed by atoms with van der Waals surface area (Å²) in [5, 5.41) is 4.77. The number of benzene rings is 2. The first-order chi connectivity index (χ1) is 13.1. The summed E-state index contributed by atoms with van der Waals surface area (Å²) < 4.78 is 5.45. The SMILES string of the molecule is CC(=O)c1ccc(OCC(=O)Nc2cccc(C#Cc3cccs3)c2)cc1. The van der Waals surface area contributed by atoms with Crippen LogP contribution in [0.1, 0.15) is 27.7 Å². The Morgan fingerprint density at radius 1 is 1.04 bits per heavy atom. The Labute approximate surface area is 161 Å². The quantitative estimate of drug-likeness (QED) is 0.532. The summed E-state index contributed by atoms with van der Waals surface area (Å²) in [6.45, 7) is 1.38. The lowest BCUT2D eigenvalue weighted by Gasteiger charge is -2.08. The van der Waals surface area contributed by atoms with Gasteiger partial charge in [-0.1, -0.05) is 24.0 Å². The highest BCUT2D eigenvalue weighted by Crippen LogP contribution is 2.14. The maximum Gasteiger partial charge on any atom is 0.262 e. The van der Waals surface area contributed by atoms with Crippen molar-refractivity contribution in [3.05, 3.63) is 82.0 Å². The Bertz CT molecular complexity index is 996. The number of carbonyl (C=O) groups is 2. The highest BCUT2D eigenvalue weighted by molar-refractivity contribution is 7.10. The van der Waals surface area contributed by atoms with Crippen molar-refractivity contribution in [3.63, 3.8) is 0 Å². The van der Waals surface area contributed by atoms with E-state index < -0.39 is 0 Å². The summed E-state index contributed by atoms with van der Waals surface area (Å²) in [6.07, 6.45) is 0. The van der Waals surface area contributed by atoms with E-state index in [2.05, 4.69) is 17.2 Å². The van der Waals surface area contributed by atoms with Gasteiger partial charge < -0.3 is 10.1 Å². The maximum absolute atomic E-state index is 12.1. The second kappa shape index (κ2) is 8.84. The highest BCUT2D eigenvalue weighted by atomic mass is 32.1. The van der Waals surface area contributed by atoms with Gasteiger partial charge in [0.2, 0.25) is 0 Å². The normalized spacial score (nSPS) is 9.81. The Hall–Kier alpha value is -3.36. The molecule has 0 saturated heterocycles. The van der Waals surface area contributed by atoms with Crippen molar-refractivity contribution >= 4 is 28.7 Å². The first-order valence-electron chi connectivity index (χ1n) is 8.29. The van der Waals surface area contributed by atoms with Crippen LogP contribution >= 0.6 is 11.3 Å². The summed E-state index contributed by atoms with van der Waals surface area (Å²) >= 11 is 1.59. The van der Waals surface area contributed by atoms with Gasteiger partial charge in [0.25, 0.3) is 5.91 Å². The summed E-state index contributed by atoms with van der Waals surface area (Å²) in [4.78, 5) is 24.3. The number of anilines is 1. The van der Waals surface area contributed by atoms with Crippen molar-refractivity contribution in [2.24, 2.45) is 0 Å². The van der Waals surface area contributed by atoms with Gasteiger partial charge in [0.15, 0.2) is 12.4 Å². The molecule has 0 spiro atoms. The highest BCUT2D eigenvalue weighted by Gasteiger charge is 2.05. The number of Topliss-reactive ketones (excluding diaryl/α,β-unsaturated/α-hetero) is 1. The molecule has 0 aliphatic carbocycles. The lowest BCUT2D eigenvalue weighted by Crippen LogP contribution is -2.20. The van der Waals surface area contributed by atoms with Gasteiger partial charge in [0.1, 0.15) is 5.75 Å². The van der Waals surface area contributed by atoms with Gasteiger partial charge in [0.05, 0.1) is 4.88 Å². The number of thiophene rings is 1. The van der Waals surface area contributed by atoms with Crippen LogP contribution in [-0.2, 0) is 4.79 Å². The van der Waals surface area contributed by atoms with Gasteiger partial charge in [-0.3, -0.25) is 9.59 Å². The van der Waals surface area contributed by atoms with E-state index in [4.69, 9.17) is 4.74 Å². The molecule has 1 aromatic heterocycles. The molecule has 5 heteroatoms. The van der Waals surface area contributed by atoms with Crippen LogP contribution in [0.2, 0.25) is 0 Å². The lowest BCUT2D eigenvalue weighted by molar-refractivity contribution is -0.118. The molecule has 0 unspecified atom stereocenters. The third-order valence-corrected chi connectivity index (χ3v) is 4.41. The van der Waals surface area contributed by atoms with Gasteiger partial charge in [-0.25, -0.2) is 0 Å². The van der Waals surface area contributed by atoms with Crippen LogP contribution in [0.25, 0.3) is 0 Å². The van der Waals surface area contributed by atoms with Crippen molar-refractivity contribution in [2.45, 2.75) is 6.92 Å². The molecule has 1 N–H and O–H groups in total. The molecule has 134 valence electrons. The smallest absolute Gasteiger partial charge is 0.262 e. The number of hydrogen-bond donors (Lipinski definition) is 1. The van der Waals surface area contributed by atoms with Crippen LogP contribution in [-0.4, -0.2) is 18.3 Å². The lowest BCUT2D eigenvalue weighted by atomic mass is 10.1. The molecule has 1 heterocycles. The molecular formula is C22H17NO3S. The Morgan fingerprint density at radius 3 is 2.56 bits per heavy atom. The van der Waals surface area contributed by atoms with Crippen LogP contribution < -0.4 is 10.1 Å². The minimum atomic E-state index is -0.269. The molecule has 3 rings (SSSR count). The van der Waals surface area contributed by atoms with E-state index in [1.54, 1.807) is 41.7 Å². The second-order valence-electron chi connectivity index (χ2n) is 5.73. The maximum atomic E-state index is 12.1. The molecule has 0 atom stereocenters. The molecule has 4 nitrogen and oxygen atoms in total. The van der Waals surface area contributed by atoms with E-state index >= 15 is 0 Å². The molecule has 0 fully saturated rings. The average molecular weight is 375 g/mol.